The average molecular weight is 346 g/mol. The first-order valence-corrected chi connectivity index (χ1v) is 8.52. The van der Waals surface area contributed by atoms with Crippen molar-refractivity contribution in [1.82, 2.24) is 0 Å². The van der Waals surface area contributed by atoms with Gasteiger partial charge in [0.2, 0.25) is 0 Å². The van der Waals surface area contributed by atoms with Gasteiger partial charge < -0.3 is 14.6 Å². The Morgan fingerprint density at radius 2 is 2.08 bits per heavy atom. The summed E-state index contributed by atoms with van der Waals surface area (Å²) in [5.74, 6) is -1.43. The first-order valence-electron chi connectivity index (χ1n) is 8.52. The van der Waals surface area contributed by atoms with Gasteiger partial charge in [-0.3, -0.25) is 0 Å². The topological polar surface area (TPSA) is 72.8 Å². The molecule has 1 aliphatic carbocycles. The second-order valence-electron chi connectivity index (χ2n) is 6.74. The fourth-order valence-electron chi connectivity index (χ4n) is 3.00. The lowest BCUT2D eigenvalue weighted by Gasteiger charge is -2.26. The third-order valence-corrected chi connectivity index (χ3v) is 4.83. The summed E-state index contributed by atoms with van der Waals surface area (Å²) in [4.78, 5) is 24.3. The van der Waals surface area contributed by atoms with E-state index >= 15 is 0 Å². The Morgan fingerprint density at radius 1 is 1.40 bits per heavy atom. The number of allylic oxidation sites excluding steroid dienone is 2. The van der Waals surface area contributed by atoms with E-state index in [4.69, 9.17) is 9.47 Å². The quantitative estimate of drug-likeness (QED) is 0.473. The van der Waals surface area contributed by atoms with Crippen molar-refractivity contribution in [3.8, 4) is 0 Å². The summed E-state index contributed by atoms with van der Waals surface area (Å²) in [7, 11) is 0. The molecular formula is C20H26O5. The number of aliphatic hydroxyl groups is 1. The van der Waals surface area contributed by atoms with Crippen LogP contribution in [0, 0.1) is 5.92 Å². The molecule has 0 amide bonds. The fourth-order valence-corrected chi connectivity index (χ4v) is 3.00. The van der Waals surface area contributed by atoms with Crippen molar-refractivity contribution in [2.24, 2.45) is 5.92 Å². The average Bonchev–Trinajstić information content (AvgIpc) is 2.84. The predicted octanol–water partition coefficient (Wildman–Crippen LogP) is 3.01. The maximum atomic E-state index is 12.3. The predicted molar refractivity (Wildman–Crippen MR) is 94.6 cm³/mol. The molecule has 0 bridgehead atoms. The van der Waals surface area contributed by atoms with Gasteiger partial charge in [-0.05, 0) is 58.3 Å². The van der Waals surface area contributed by atoms with Crippen molar-refractivity contribution in [3.63, 3.8) is 0 Å². The number of carbonyl (C=O) groups is 2. The summed E-state index contributed by atoms with van der Waals surface area (Å²) in [6, 6.07) is 0. The van der Waals surface area contributed by atoms with Gasteiger partial charge in [0, 0.05) is 11.1 Å². The van der Waals surface area contributed by atoms with Crippen LogP contribution in [-0.2, 0) is 19.1 Å². The van der Waals surface area contributed by atoms with E-state index < -0.39 is 36.2 Å². The molecule has 4 atom stereocenters. The highest BCUT2D eigenvalue weighted by Gasteiger charge is 2.44. The summed E-state index contributed by atoms with van der Waals surface area (Å²) in [6.45, 7) is 11.0. The summed E-state index contributed by atoms with van der Waals surface area (Å²) < 4.78 is 11.1. The molecule has 0 radical (unpaired) electrons. The lowest BCUT2D eigenvalue weighted by atomic mass is 9.86. The number of carbonyl (C=O) groups excluding carboxylic acids is 2. The van der Waals surface area contributed by atoms with Crippen LogP contribution in [0.4, 0.5) is 0 Å². The van der Waals surface area contributed by atoms with Crippen molar-refractivity contribution in [3.05, 3.63) is 47.1 Å². The highest BCUT2D eigenvalue weighted by atomic mass is 16.6. The van der Waals surface area contributed by atoms with Crippen LogP contribution in [0.25, 0.3) is 0 Å². The van der Waals surface area contributed by atoms with Crippen LogP contribution in [0.2, 0.25) is 0 Å². The smallest absolute Gasteiger partial charge is 0.334 e. The standard InChI is InChI=1S/C20H26O5/c1-6-12(3)19(22)24-16-9-11(2)7-8-15(21)13(4)10-17-18(16)14(5)20(23)25-17/h6,9-10,15-18,21H,5,7-8H2,1-4H3/b11-9+,12-6-,13-10-/t15-,16+,17-,18-/m0/s1. The minimum absolute atomic E-state index is 0.282. The molecule has 1 saturated heterocycles. The number of esters is 2. The summed E-state index contributed by atoms with van der Waals surface area (Å²) in [5.41, 5.74) is 2.50. The van der Waals surface area contributed by atoms with Crippen LogP contribution in [0.15, 0.2) is 47.1 Å². The van der Waals surface area contributed by atoms with E-state index in [1.54, 1.807) is 26.0 Å². The normalized spacial score (nSPS) is 35.0. The summed E-state index contributed by atoms with van der Waals surface area (Å²) >= 11 is 0. The molecule has 136 valence electrons. The van der Waals surface area contributed by atoms with Gasteiger partial charge in [0.15, 0.2) is 0 Å². The maximum absolute atomic E-state index is 12.3. The van der Waals surface area contributed by atoms with Crippen molar-refractivity contribution in [2.75, 3.05) is 0 Å². The van der Waals surface area contributed by atoms with E-state index in [1.807, 2.05) is 19.9 Å². The Kier molecular flexibility index (Phi) is 6.01. The lowest BCUT2D eigenvalue weighted by Crippen LogP contribution is -2.32. The molecule has 0 saturated carbocycles. The molecule has 25 heavy (non-hydrogen) atoms. The van der Waals surface area contributed by atoms with Crippen LogP contribution in [-0.4, -0.2) is 35.4 Å². The van der Waals surface area contributed by atoms with E-state index in [-0.39, 0.29) is 5.57 Å². The molecular weight excluding hydrogens is 320 g/mol. The number of rotatable bonds is 2. The fraction of sp³-hybridized carbons (Fsp3) is 0.500. The third kappa shape index (κ3) is 4.28. The van der Waals surface area contributed by atoms with Crippen LogP contribution in [0.3, 0.4) is 0 Å². The van der Waals surface area contributed by atoms with Gasteiger partial charge in [0.25, 0.3) is 0 Å². The SMILES string of the molecule is C=C1C(=O)O[C@H]2/C=C(/C)[C@@H](O)CC/C(C)=C/[C@@H](OC(=O)/C(C)=C\C)[C@H]12. The van der Waals surface area contributed by atoms with Crippen molar-refractivity contribution < 1.29 is 24.2 Å². The van der Waals surface area contributed by atoms with E-state index in [1.165, 1.54) is 0 Å². The number of fused-ring (bicyclic) bond motifs is 1. The van der Waals surface area contributed by atoms with E-state index in [0.29, 0.717) is 18.4 Å². The molecule has 2 aliphatic rings. The highest BCUT2D eigenvalue weighted by molar-refractivity contribution is 5.92. The van der Waals surface area contributed by atoms with Crippen molar-refractivity contribution in [1.29, 1.82) is 0 Å². The van der Waals surface area contributed by atoms with Crippen LogP contribution in [0.5, 0.6) is 0 Å². The lowest BCUT2D eigenvalue weighted by molar-refractivity contribution is -0.144. The molecule has 0 aromatic carbocycles. The van der Waals surface area contributed by atoms with E-state index in [0.717, 1.165) is 11.1 Å². The van der Waals surface area contributed by atoms with Crippen LogP contribution < -0.4 is 0 Å². The van der Waals surface area contributed by atoms with Gasteiger partial charge in [-0.15, -0.1) is 0 Å². The zero-order valence-corrected chi connectivity index (χ0v) is 15.2. The Balaban J connectivity index is 2.44. The second kappa shape index (κ2) is 7.83. The zero-order valence-electron chi connectivity index (χ0n) is 15.2. The molecule has 1 fully saturated rings. The van der Waals surface area contributed by atoms with E-state index in [9.17, 15) is 14.7 Å². The number of hydrogen-bond acceptors (Lipinski definition) is 5. The van der Waals surface area contributed by atoms with Crippen molar-refractivity contribution in [2.45, 2.75) is 58.8 Å². The molecule has 5 heteroatoms. The molecule has 0 unspecified atom stereocenters. The molecule has 0 spiro atoms. The minimum Gasteiger partial charge on any atom is -0.454 e. The zero-order chi connectivity index (χ0) is 18.7. The first kappa shape index (κ1) is 19.2. The molecule has 2 rings (SSSR count). The van der Waals surface area contributed by atoms with Gasteiger partial charge in [0.05, 0.1) is 12.0 Å². The molecule has 0 aromatic rings. The Bertz CT molecular complexity index is 668. The Morgan fingerprint density at radius 3 is 2.72 bits per heavy atom. The van der Waals surface area contributed by atoms with Crippen molar-refractivity contribution >= 4 is 11.9 Å². The molecule has 1 N–H and O–H groups in total. The van der Waals surface area contributed by atoms with Crippen LogP contribution in [0.1, 0.15) is 40.5 Å². The monoisotopic (exact) mass is 346 g/mol. The number of aliphatic hydroxyl groups excluding tert-OH is 1. The molecule has 5 nitrogen and oxygen atoms in total. The van der Waals surface area contributed by atoms with E-state index in [2.05, 4.69) is 6.58 Å². The summed E-state index contributed by atoms with van der Waals surface area (Å²) in [5, 5.41) is 10.2. The van der Waals surface area contributed by atoms with Gasteiger partial charge in [-0.2, -0.15) is 0 Å². The van der Waals surface area contributed by atoms with Crippen LogP contribution >= 0.6 is 0 Å². The molecule has 1 heterocycles. The van der Waals surface area contributed by atoms with Gasteiger partial charge in [-0.25, -0.2) is 9.59 Å². The number of hydrogen-bond donors (Lipinski definition) is 1. The Hall–Kier alpha value is -2.14. The first-order chi connectivity index (χ1) is 11.7. The summed E-state index contributed by atoms with van der Waals surface area (Å²) in [6.07, 6.45) is 4.64. The second-order valence-corrected chi connectivity index (χ2v) is 6.74. The van der Waals surface area contributed by atoms with Gasteiger partial charge >= 0.3 is 11.9 Å². The molecule has 1 aliphatic heterocycles. The van der Waals surface area contributed by atoms with Gasteiger partial charge in [0.1, 0.15) is 12.2 Å². The maximum Gasteiger partial charge on any atom is 0.334 e. The minimum atomic E-state index is -0.648. The number of ether oxygens (including phenoxy) is 2. The van der Waals surface area contributed by atoms with Gasteiger partial charge in [-0.1, -0.05) is 18.2 Å². The Labute approximate surface area is 148 Å². The highest BCUT2D eigenvalue weighted by Crippen LogP contribution is 2.35. The third-order valence-electron chi connectivity index (χ3n) is 4.83. The largest absolute Gasteiger partial charge is 0.454 e. The molecule has 0 aromatic heterocycles.